The van der Waals surface area contributed by atoms with E-state index in [9.17, 15) is 0 Å². The molecule has 1 saturated heterocycles. The Hall–Kier alpha value is -1.90. The van der Waals surface area contributed by atoms with Gasteiger partial charge in [-0.25, -0.2) is 0 Å². The van der Waals surface area contributed by atoms with Gasteiger partial charge in [-0.3, -0.25) is 9.80 Å². The van der Waals surface area contributed by atoms with Crippen molar-refractivity contribution in [3.63, 3.8) is 0 Å². The summed E-state index contributed by atoms with van der Waals surface area (Å²) in [6, 6.07) is 22.1. The molecule has 0 bridgehead atoms. The fourth-order valence-electron chi connectivity index (χ4n) is 3.49. The van der Waals surface area contributed by atoms with Gasteiger partial charge < -0.3 is 0 Å². The lowest BCUT2D eigenvalue weighted by atomic mass is 10.0. The Morgan fingerprint density at radius 2 is 1.52 bits per heavy atom. The average Bonchev–Trinajstić information content (AvgIpc) is 2.68. The molecule has 1 aliphatic rings. The van der Waals surface area contributed by atoms with Crippen molar-refractivity contribution in [3.05, 3.63) is 77.9 Å². The van der Waals surface area contributed by atoms with Crippen molar-refractivity contribution in [1.82, 2.24) is 9.80 Å². The first kappa shape index (κ1) is 17.9. The number of rotatable bonds is 7. The monoisotopic (exact) mass is 334 g/mol. The fraction of sp³-hybridized carbons (Fsp3) is 0.391. The predicted molar refractivity (Wildman–Crippen MR) is 108 cm³/mol. The maximum atomic E-state index is 2.65. The van der Waals surface area contributed by atoms with Crippen molar-refractivity contribution in [2.45, 2.75) is 25.8 Å². The van der Waals surface area contributed by atoms with Crippen LogP contribution < -0.4 is 0 Å². The molecule has 3 rings (SSSR count). The van der Waals surface area contributed by atoms with Crippen molar-refractivity contribution in [1.29, 1.82) is 0 Å². The molecule has 0 aromatic heterocycles. The molecule has 2 aromatic carbocycles. The molecule has 25 heavy (non-hydrogen) atoms. The van der Waals surface area contributed by atoms with E-state index in [1.54, 1.807) is 0 Å². The van der Waals surface area contributed by atoms with Gasteiger partial charge in [0.05, 0.1) is 0 Å². The van der Waals surface area contributed by atoms with E-state index < -0.39 is 0 Å². The van der Waals surface area contributed by atoms with Gasteiger partial charge in [-0.15, -0.1) is 0 Å². The average molecular weight is 335 g/mol. The SMILES string of the molecule is CC(CCc1ccccc1)N1CCN(C/C=C/c2ccccc2)CC1. The quantitative estimate of drug-likeness (QED) is 0.743. The van der Waals surface area contributed by atoms with Gasteiger partial charge in [-0.2, -0.15) is 0 Å². The van der Waals surface area contributed by atoms with Crippen LogP contribution in [0.25, 0.3) is 6.08 Å². The van der Waals surface area contributed by atoms with Crippen LogP contribution in [-0.4, -0.2) is 48.6 Å². The van der Waals surface area contributed by atoms with Gasteiger partial charge in [0.25, 0.3) is 0 Å². The van der Waals surface area contributed by atoms with Crippen molar-refractivity contribution in [2.75, 3.05) is 32.7 Å². The molecule has 2 heteroatoms. The van der Waals surface area contributed by atoms with Crippen molar-refractivity contribution in [3.8, 4) is 0 Å². The minimum atomic E-state index is 0.669. The lowest BCUT2D eigenvalue weighted by Gasteiger charge is -2.37. The normalized spacial score (nSPS) is 17.8. The highest BCUT2D eigenvalue weighted by atomic mass is 15.3. The number of benzene rings is 2. The predicted octanol–water partition coefficient (Wildman–Crippen LogP) is 4.34. The minimum Gasteiger partial charge on any atom is -0.298 e. The standard InChI is InChI=1S/C23H30N2/c1-21(14-15-23-11-6-3-7-12-23)25-19-17-24(18-20-25)16-8-13-22-9-4-2-5-10-22/h2-13,21H,14-20H2,1H3/b13-8+. The Morgan fingerprint density at radius 3 is 2.20 bits per heavy atom. The van der Waals surface area contributed by atoms with Crippen LogP contribution in [0.15, 0.2) is 66.7 Å². The first-order chi connectivity index (χ1) is 12.3. The zero-order valence-corrected chi connectivity index (χ0v) is 15.3. The van der Waals surface area contributed by atoms with Gasteiger partial charge in [0.15, 0.2) is 0 Å². The van der Waals surface area contributed by atoms with E-state index in [0.29, 0.717) is 6.04 Å². The van der Waals surface area contributed by atoms with Gasteiger partial charge in [-0.05, 0) is 30.9 Å². The molecule has 1 aliphatic heterocycles. The zero-order chi connectivity index (χ0) is 17.3. The van der Waals surface area contributed by atoms with Crippen LogP contribution in [0.5, 0.6) is 0 Å². The molecule has 0 N–H and O–H groups in total. The molecule has 2 aromatic rings. The highest BCUT2D eigenvalue weighted by Crippen LogP contribution is 2.13. The number of piperazine rings is 1. The molecule has 0 radical (unpaired) electrons. The van der Waals surface area contributed by atoms with Gasteiger partial charge in [0, 0.05) is 38.8 Å². The van der Waals surface area contributed by atoms with E-state index in [4.69, 9.17) is 0 Å². The van der Waals surface area contributed by atoms with E-state index in [1.165, 1.54) is 50.1 Å². The summed E-state index contributed by atoms with van der Waals surface area (Å²) >= 11 is 0. The summed E-state index contributed by atoms with van der Waals surface area (Å²) in [5.41, 5.74) is 2.75. The Kier molecular flexibility index (Phi) is 6.84. The van der Waals surface area contributed by atoms with E-state index >= 15 is 0 Å². The van der Waals surface area contributed by atoms with E-state index in [0.717, 1.165) is 6.54 Å². The molecule has 0 saturated carbocycles. The highest BCUT2D eigenvalue weighted by Gasteiger charge is 2.20. The largest absolute Gasteiger partial charge is 0.298 e. The van der Waals surface area contributed by atoms with Gasteiger partial charge in [-0.1, -0.05) is 72.8 Å². The first-order valence-corrected chi connectivity index (χ1v) is 9.53. The molecule has 1 atom stereocenters. The van der Waals surface area contributed by atoms with Crippen LogP contribution in [0.4, 0.5) is 0 Å². The zero-order valence-electron chi connectivity index (χ0n) is 15.3. The molecule has 1 unspecified atom stereocenters. The first-order valence-electron chi connectivity index (χ1n) is 9.53. The Bertz CT molecular complexity index is 628. The summed E-state index contributed by atoms with van der Waals surface area (Å²) in [4.78, 5) is 5.21. The summed E-state index contributed by atoms with van der Waals surface area (Å²) in [6.45, 7) is 8.17. The fourth-order valence-corrected chi connectivity index (χ4v) is 3.49. The maximum Gasteiger partial charge on any atom is 0.0167 e. The number of nitrogens with zero attached hydrogens (tertiary/aromatic N) is 2. The van der Waals surface area contributed by atoms with Crippen LogP contribution in [0.1, 0.15) is 24.5 Å². The van der Waals surface area contributed by atoms with Crippen molar-refractivity contribution in [2.24, 2.45) is 0 Å². The lowest BCUT2D eigenvalue weighted by Crippen LogP contribution is -2.49. The van der Waals surface area contributed by atoms with Gasteiger partial charge in [0.2, 0.25) is 0 Å². The van der Waals surface area contributed by atoms with Crippen molar-refractivity contribution >= 4 is 6.08 Å². The summed E-state index contributed by atoms with van der Waals surface area (Å²) in [5, 5.41) is 0. The Balaban J connectivity index is 1.37. The Morgan fingerprint density at radius 1 is 0.880 bits per heavy atom. The molecule has 1 fully saturated rings. The van der Waals surface area contributed by atoms with Crippen LogP contribution in [0, 0.1) is 0 Å². The highest BCUT2D eigenvalue weighted by molar-refractivity contribution is 5.48. The number of aryl methyl sites for hydroxylation is 1. The third-order valence-electron chi connectivity index (χ3n) is 5.20. The molecular formula is C23H30N2. The third-order valence-corrected chi connectivity index (χ3v) is 5.20. The molecule has 0 aliphatic carbocycles. The van der Waals surface area contributed by atoms with E-state index in [-0.39, 0.29) is 0 Å². The second-order valence-electron chi connectivity index (χ2n) is 7.02. The molecule has 132 valence electrons. The van der Waals surface area contributed by atoms with Gasteiger partial charge >= 0.3 is 0 Å². The number of hydrogen-bond donors (Lipinski definition) is 0. The second kappa shape index (κ2) is 9.55. The molecular weight excluding hydrogens is 304 g/mol. The summed E-state index contributed by atoms with van der Waals surface area (Å²) in [5.74, 6) is 0. The topological polar surface area (TPSA) is 6.48 Å². The van der Waals surface area contributed by atoms with Crippen molar-refractivity contribution < 1.29 is 0 Å². The van der Waals surface area contributed by atoms with Crippen LogP contribution >= 0.6 is 0 Å². The van der Waals surface area contributed by atoms with Crippen LogP contribution in [0.2, 0.25) is 0 Å². The van der Waals surface area contributed by atoms with Crippen LogP contribution in [0.3, 0.4) is 0 Å². The smallest absolute Gasteiger partial charge is 0.0167 e. The second-order valence-corrected chi connectivity index (χ2v) is 7.02. The summed E-state index contributed by atoms with van der Waals surface area (Å²) in [7, 11) is 0. The molecule has 2 nitrogen and oxygen atoms in total. The molecule has 1 heterocycles. The van der Waals surface area contributed by atoms with E-state index in [1.807, 2.05) is 0 Å². The van der Waals surface area contributed by atoms with E-state index in [2.05, 4.69) is 89.5 Å². The lowest BCUT2D eigenvalue weighted by molar-refractivity contribution is 0.106. The Labute approximate surface area is 152 Å². The minimum absolute atomic E-state index is 0.669. The van der Waals surface area contributed by atoms with Crippen LogP contribution in [-0.2, 0) is 6.42 Å². The maximum absolute atomic E-state index is 2.65. The molecule has 0 spiro atoms. The van der Waals surface area contributed by atoms with Gasteiger partial charge in [0.1, 0.15) is 0 Å². The third kappa shape index (κ3) is 5.84. The summed E-state index contributed by atoms with van der Waals surface area (Å²) in [6.07, 6.45) is 6.96. The molecule has 0 amide bonds. The summed E-state index contributed by atoms with van der Waals surface area (Å²) < 4.78 is 0. The number of hydrogen-bond acceptors (Lipinski definition) is 2.